The van der Waals surface area contributed by atoms with Gasteiger partial charge in [-0.3, -0.25) is 0 Å². The third kappa shape index (κ3) is 2.36. The molecule has 4 fully saturated rings. The maximum atomic E-state index is 6.24. The molecule has 2 nitrogen and oxygen atoms in total. The van der Waals surface area contributed by atoms with E-state index in [4.69, 9.17) is 9.47 Å². The highest BCUT2D eigenvalue weighted by atomic mass is 16.6. The maximum Gasteiger partial charge on any atom is 0.0953 e. The highest BCUT2D eigenvalue weighted by Gasteiger charge is 2.65. The molecule has 22 heavy (non-hydrogen) atoms. The summed E-state index contributed by atoms with van der Waals surface area (Å²) in [5.74, 6) is 3.34. The van der Waals surface area contributed by atoms with Crippen LogP contribution in [-0.2, 0) is 9.47 Å². The SMILES string of the molecule is CCCC1CC(C2CC(C)C3OC3(CCC)C2)CC2(C)OC12. The van der Waals surface area contributed by atoms with Gasteiger partial charge in [-0.05, 0) is 69.1 Å². The summed E-state index contributed by atoms with van der Waals surface area (Å²) in [6.07, 6.45) is 11.8. The van der Waals surface area contributed by atoms with Crippen LogP contribution in [0.4, 0.5) is 0 Å². The number of rotatable bonds is 5. The number of ether oxygens (including phenoxy) is 2. The van der Waals surface area contributed by atoms with E-state index in [1.807, 2.05) is 0 Å². The van der Waals surface area contributed by atoms with Crippen molar-refractivity contribution in [2.45, 2.75) is 102 Å². The van der Waals surface area contributed by atoms with E-state index < -0.39 is 0 Å². The van der Waals surface area contributed by atoms with Gasteiger partial charge in [-0.2, -0.15) is 0 Å². The topological polar surface area (TPSA) is 25.1 Å². The fourth-order valence-electron chi connectivity index (χ4n) is 6.36. The van der Waals surface area contributed by atoms with Gasteiger partial charge in [0.15, 0.2) is 0 Å². The molecular formula is C20H34O2. The molecule has 8 atom stereocenters. The molecule has 2 heterocycles. The minimum atomic E-state index is 0.227. The zero-order valence-electron chi connectivity index (χ0n) is 14.9. The van der Waals surface area contributed by atoms with Gasteiger partial charge >= 0.3 is 0 Å². The largest absolute Gasteiger partial charge is 0.366 e. The van der Waals surface area contributed by atoms with Crippen molar-refractivity contribution >= 4 is 0 Å². The lowest BCUT2D eigenvalue weighted by Crippen LogP contribution is -2.39. The summed E-state index contributed by atoms with van der Waals surface area (Å²) < 4.78 is 12.4. The van der Waals surface area contributed by atoms with Crippen LogP contribution in [0.5, 0.6) is 0 Å². The van der Waals surface area contributed by atoms with Gasteiger partial charge < -0.3 is 9.47 Å². The van der Waals surface area contributed by atoms with Crippen LogP contribution in [0.25, 0.3) is 0 Å². The first-order valence-electron chi connectivity index (χ1n) is 9.87. The van der Waals surface area contributed by atoms with Crippen molar-refractivity contribution < 1.29 is 9.47 Å². The van der Waals surface area contributed by atoms with Crippen LogP contribution in [0.15, 0.2) is 0 Å². The molecule has 0 bridgehead atoms. The Labute approximate surface area is 136 Å². The van der Waals surface area contributed by atoms with Crippen LogP contribution in [-0.4, -0.2) is 23.4 Å². The Morgan fingerprint density at radius 2 is 1.73 bits per heavy atom. The summed E-state index contributed by atoms with van der Waals surface area (Å²) in [6.45, 7) is 9.43. The Morgan fingerprint density at radius 3 is 2.45 bits per heavy atom. The first-order valence-corrected chi connectivity index (χ1v) is 9.87. The molecule has 8 unspecified atom stereocenters. The van der Waals surface area contributed by atoms with Crippen molar-refractivity contribution in [2.24, 2.45) is 23.7 Å². The summed E-state index contributed by atoms with van der Waals surface area (Å²) in [5, 5.41) is 0. The predicted octanol–water partition coefficient (Wildman–Crippen LogP) is 4.95. The van der Waals surface area contributed by atoms with E-state index in [1.165, 1.54) is 51.4 Å². The summed E-state index contributed by atoms with van der Waals surface area (Å²) in [4.78, 5) is 0. The van der Waals surface area contributed by atoms with Crippen molar-refractivity contribution in [2.75, 3.05) is 0 Å². The quantitative estimate of drug-likeness (QED) is 0.671. The molecule has 0 N–H and O–H groups in total. The first-order chi connectivity index (χ1) is 10.5. The summed E-state index contributed by atoms with van der Waals surface area (Å²) in [7, 11) is 0. The zero-order valence-corrected chi connectivity index (χ0v) is 14.9. The highest BCUT2D eigenvalue weighted by molar-refractivity contribution is 5.13. The third-order valence-electron chi connectivity index (χ3n) is 7.26. The molecule has 126 valence electrons. The Balaban J connectivity index is 1.47. The first kappa shape index (κ1) is 15.4. The molecule has 0 amide bonds. The van der Waals surface area contributed by atoms with Gasteiger partial charge in [-0.25, -0.2) is 0 Å². The molecule has 2 aliphatic carbocycles. The fourth-order valence-corrected chi connectivity index (χ4v) is 6.36. The maximum absolute atomic E-state index is 6.24. The molecule has 0 spiro atoms. The molecule has 2 aliphatic heterocycles. The molecule has 4 aliphatic rings. The van der Waals surface area contributed by atoms with Gasteiger partial charge in [0.05, 0.1) is 23.4 Å². The van der Waals surface area contributed by atoms with Crippen molar-refractivity contribution in [1.82, 2.24) is 0 Å². The second kappa shape index (κ2) is 5.21. The van der Waals surface area contributed by atoms with Crippen molar-refractivity contribution in [1.29, 1.82) is 0 Å². The van der Waals surface area contributed by atoms with Crippen molar-refractivity contribution in [3.05, 3.63) is 0 Å². The van der Waals surface area contributed by atoms with E-state index >= 15 is 0 Å². The molecule has 0 aromatic carbocycles. The van der Waals surface area contributed by atoms with Crippen LogP contribution in [0, 0.1) is 23.7 Å². The van der Waals surface area contributed by atoms with Gasteiger partial charge in [-0.1, -0.05) is 33.6 Å². The fraction of sp³-hybridized carbons (Fsp3) is 1.00. The smallest absolute Gasteiger partial charge is 0.0953 e. The normalized spacial score (nSPS) is 56.2. The third-order valence-corrected chi connectivity index (χ3v) is 7.26. The van der Waals surface area contributed by atoms with E-state index in [2.05, 4.69) is 27.7 Å². The summed E-state index contributed by atoms with van der Waals surface area (Å²) in [6, 6.07) is 0. The van der Waals surface area contributed by atoms with E-state index in [-0.39, 0.29) is 11.2 Å². The van der Waals surface area contributed by atoms with Crippen molar-refractivity contribution in [3.63, 3.8) is 0 Å². The molecule has 0 aromatic rings. The summed E-state index contributed by atoms with van der Waals surface area (Å²) >= 11 is 0. The van der Waals surface area contributed by atoms with Crippen LogP contribution in [0.2, 0.25) is 0 Å². The molecule has 2 saturated carbocycles. The Hall–Kier alpha value is -0.0800. The van der Waals surface area contributed by atoms with E-state index in [1.54, 1.807) is 0 Å². The van der Waals surface area contributed by atoms with E-state index in [0.29, 0.717) is 12.2 Å². The molecule has 4 rings (SSSR count). The number of fused-ring (bicyclic) bond motifs is 2. The van der Waals surface area contributed by atoms with Gasteiger partial charge in [0.1, 0.15) is 0 Å². The number of epoxide rings is 2. The Bertz CT molecular complexity index is 435. The van der Waals surface area contributed by atoms with Gasteiger partial charge in [0.2, 0.25) is 0 Å². The van der Waals surface area contributed by atoms with Crippen LogP contribution >= 0.6 is 0 Å². The van der Waals surface area contributed by atoms with Crippen LogP contribution in [0.3, 0.4) is 0 Å². The second-order valence-electron chi connectivity index (χ2n) is 9.13. The van der Waals surface area contributed by atoms with E-state index in [9.17, 15) is 0 Å². The minimum absolute atomic E-state index is 0.227. The Morgan fingerprint density at radius 1 is 0.955 bits per heavy atom. The summed E-state index contributed by atoms with van der Waals surface area (Å²) in [5.41, 5.74) is 0.505. The monoisotopic (exact) mass is 306 g/mol. The number of hydrogen-bond acceptors (Lipinski definition) is 2. The molecule has 2 saturated heterocycles. The van der Waals surface area contributed by atoms with Gasteiger partial charge in [-0.15, -0.1) is 0 Å². The highest BCUT2D eigenvalue weighted by Crippen LogP contribution is 2.61. The zero-order chi connectivity index (χ0) is 15.5. The average molecular weight is 306 g/mol. The van der Waals surface area contributed by atoms with Crippen LogP contribution < -0.4 is 0 Å². The van der Waals surface area contributed by atoms with Crippen LogP contribution in [0.1, 0.15) is 79.1 Å². The van der Waals surface area contributed by atoms with Gasteiger partial charge in [0, 0.05) is 0 Å². The lowest BCUT2D eigenvalue weighted by atomic mass is 9.63. The second-order valence-corrected chi connectivity index (χ2v) is 9.13. The molecule has 2 heteroatoms. The lowest BCUT2D eigenvalue weighted by molar-refractivity contribution is 0.121. The average Bonchev–Trinajstić information content (AvgIpc) is 3.33. The molecular weight excluding hydrogens is 272 g/mol. The molecule has 0 aromatic heterocycles. The molecule has 0 radical (unpaired) electrons. The Kier molecular flexibility index (Phi) is 3.66. The lowest BCUT2D eigenvalue weighted by Gasteiger charge is -2.39. The predicted molar refractivity (Wildman–Crippen MR) is 88.8 cm³/mol. The van der Waals surface area contributed by atoms with Crippen molar-refractivity contribution in [3.8, 4) is 0 Å². The number of hydrogen-bond donors (Lipinski definition) is 0. The van der Waals surface area contributed by atoms with Gasteiger partial charge in [0.25, 0.3) is 0 Å². The van der Waals surface area contributed by atoms with E-state index in [0.717, 1.165) is 23.7 Å². The minimum Gasteiger partial charge on any atom is -0.366 e. The standard InChI is InChI=1S/C20H34O2/c1-5-7-14-10-16(11-19(4)18(14)21-19)15-9-13(3)17-20(12-15,22-17)8-6-2/h13-18H,5-12H2,1-4H3.